The third-order valence-electron chi connectivity index (χ3n) is 5.79. The summed E-state index contributed by atoms with van der Waals surface area (Å²) in [5.41, 5.74) is 4.13. The fourth-order valence-corrected chi connectivity index (χ4v) is 4.10. The number of carbonyl (C=O) groups is 2. The van der Waals surface area contributed by atoms with Crippen LogP contribution in [0.1, 0.15) is 16.8 Å². The third kappa shape index (κ3) is 4.56. The standard InChI is InChI=1S/C26H21FN6O3/c27-22-11-16(9-19-18(4-8-29-23(19)22)15-3-1-5-28-12-15)21-14-33-24-20(21)10-17(13-32-24)25(34)30-6-2-7-31-26(35)36/h1,3-5,8-14,31H,2,6-7H2,(H,30,34)(H,32,33)(H,35,36). The Morgan fingerprint density at radius 3 is 2.61 bits per heavy atom. The molecule has 0 fully saturated rings. The molecule has 0 saturated carbocycles. The molecule has 9 nitrogen and oxygen atoms in total. The number of amides is 2. The zero-order valence-electron chi connectivity index (χ0n) is 19.0. The number of halogens is 1. The summed E-state index contributed by atoms with van der Waals surface area (Å²) in [6, 6.07) is 10.6. The molecule has 5 rings (SSSR count). The Hall–Kier alpha value is -4.86. The van der Waals surface area contributed by atoms with Crippen molar-refractivity contribution in [3.8, 4) is 22.3 Å². The molecule has 0 bridgehead atoms. The van der Waals surface area contributed by atoms with Crippen molar-refractivity contribution in [1.29, 1.82) is 0 Å². The largest absolute Gasteiger partial charge is 0.465 e. The fourth-order valence-electron chi connectivity index (χ4n) is 4.10. The van der Waals surface area contributed by atoms with Crippen LogP contribution < -0.4 is 10.6 Å². The molecule has 180 valence electrons. The van der Waals surface area contributed by atoms with Crippen LogP contribution in [-0.2, 0) is 0 Å². The first-order chi connectivity index (χ1) is 17.5. The van der Waals surface area contributed by atoms with Gasteiger partial charge in [0.15, 0.2) is 0 Å². The lowest BCUT2D eigenvalue weighted by molar-refractivity contribution is 0.0953. The lowest BCUT2D eigenvalue weighted by atomic mass is 9.97. The van der Waals surface area contributed by atoms with Gasteiger partial charge in [0.05, 0.1) is 5.56 Å². The van der Waals surface area contributed by atoms with Gasteiger partial charge in [0.25, 0.3) is 5.91 Å². The molecule has 0 radical (unpaired) electrons. The van der Waals surface area contributed by atoms with Crippen molar-refractivity contribution in [1.82, 2.24) is 30.6 Å². The third-order valence-corrected chi connectivity index (χ3v) is 5.79. The lowest BCUT2D eigenvalue weighted by Crippen LogP contribution is -2.29. The summed E-state index contributed by atoms with van der Waals surface area (Å²) in [5, 5.41) is 14.9. The van der Waals surface area contributed by atoms with Gasteiger partial charge in [-0.1, -0.05) is 6.07 Å². The van der Waals surface area contributed by atoms with E-state index in [0.29, 0.717) is 46.1 Å². The highest BCUT2D eigenvalue weighted by molar-refractivity contribution is 6.03. The Kier molecular flexibility index (Phi) is 6.23. The number of carbonyl (C=O) groups excluding carboxylic acids is 1. The van der Waals surface area contributed by atoms with Crippen molar-refractivity contribution in [3.05, 3.63) is 78.8 Å². The zero-order valence-corrected chi connectivity index (χ0v) is 19.0. The van der Waals surface area contributed by atoms with Crippen LogP contribution in [0.25, 0.3) is 44.2 Å². The number of pyridine rings is 3. The first kappa shape index (κ1) is 22.9. The van der Waals surface area contributed by atoms with Gasteiger partial charge in [-0.15, -0.1) is 0 Å². The number of hydrogen-bond acceptors (Lipinski definition) is 5. The predicted octanol–water partition coefficient (Wildman–Crippen LogP) is 4.37. The average Bonchev–Trinajstić information content (AvgIpc) is 3.32. The molecule has 4 aromatic heterocycles. The van der Waals surface area contributed by atoms with E-state index in [1.165, 1.54) is 12.3 Å². The summed E-state index contributed by atoms with van der Waals surface area (Å²) in [5.74, 6) is -0.793. The van der Waals surface area contributed by atoms with E-state index in [-0.39, 0.29) is 18.0 Å². The quantitative estimate of drug-likeness (QED) is 0.254. The van der Waals surface area contributed by atoms with Crippen molar-refractivity contribution < 1.29 is 19.1 Å². The molecule has 0 saturated heterocycles. The van der Waals surface area contributed by atoms with Crippen molar-refractivity contribution >= 4 is 33.9 Å². The second-order valence-corrected chi connectivity index (χ2v) is 8.12. The van der Waals surface area contributed by atoms with Gasteiger partial charge in [-0.3, -0.25) is 14.8 Å². The highest BCUT2D eigenvalue weighted by atomic mass is 19.1. The topological polar surface area (TPSA) is 133 Å². The molecular formula is C26H21FN6O3. The van der Waals surface area contributed by atoms with E-state index in [1.807, 2.05) is 24.3 Å². The highest BCUT2D eigenvalue weighted by Gasteiger charge is 2.16. The molecule has 1 aromatic carbocycles. The Bertz CT molecular complexity index is 1590. The molecule has 5 aromatic rings. The summed E-state index contributed by atoms with van der Waals surface area (Å²) >= 11 is 0. The minimum atomic E-state index is -1.11. The SMILES string of the molecule is O=C(O)NCCCNC(=O)c1cnc2[nH]cc(-c3cc(F)c4nccc(-c5cccnc5)c4c3)c2c1. The molecule has 36 heavy (non-hydrogen) atoms. The molecule has 10 heteroatoms. The normalized spacial score (nSPS) is 11.0. The minimum absolute atomic E-state index is 0.234. The fraction of sp³-hybridized carbons (Fsp3) is 0.115. The number of rotatable bonds is 7. The monoisotopic (exact) mass is 484 g/mol. The van der Waals surface area contributed by atoms with Gasteiger partial charge in [0.1, 0.15) is 17.0 Å². The van der Waals surface area contributed by atoms with Crippen molar-refractivity contribution in [2.24, 2.45) is 0 Å². The smallest absolute Gasteiger partial charge is 0.404 e. The van der Waals surface area contributed by atoms with Crippen molar-refractivity contribution in [2.75, 3.05) is 13.1 Å². The Morgan fingerprint density at radius 2 is 1.81 bits per heavy atom. The number of fused-ring (bicyclic) bond motifs is 2. The molecule has 0 aliphatic carbocycles. The number of benzene rings is 1. The molecule has 0 unspecified atom stereocenters. The number of nitrogens with one attached hydrogen (secondary N) is 3. The van der Waals surface area contributed by atoms with Crippen LogP contribution in [0.5, 0.6) is 0 Å². The average molecular weight is 484 g/mol. The lowest BCUT2D eigenvalue weighted by Gasteiger charge is -2.10. The molecule has 4 N–H and O–H groups in total. The second kappa shape index (κ2) is 9.79. The number of aromatic amines is 1. The minimum Gasteiger partial charge on any atom is -0.465 e. The van der Waals surface area contributed by atoms with Gasteiger partial charge in [-0.2, -0.15) is 0 Å². The van der Waals surface area contributed by atoms with Crippen molar-refractivity contribution in [3.63, 3.8) is 0 Å². The number of aromatic nitrogens is 4. The van der Waals surface area contributed by atoms with Crippen LogP contribution in [0, 0.1) is 5.82 Å². The van der Waals surface area contributed by atoms with Crippen LogP contribution in [-0.4, -0.2) is 50.1 Å². The van der Waals surface area contributed by atoms with Crippen LogP contribution in [0.2, 0.25) is 0 Å². The van der Waals surface area contributed by atoms with E-state index in [1.54, 1.807) is 30.9 Å². The summed E-state index contributed by atoms with van der Waals surface area (Å²) in [6.45, 7) is 0.537. The van der Waals surface area contributed by atoms with E-state index in [0.717, 1.165) is 11.1 Å². The first-order valence-electron chi connectivity index (χ1n) is 11.2. The Labute approximate surface area is 204 Å². The van der Waals surface area contributed by atoms with Gasteiger partial charge in [-0.25, -0.2) is 14.2 Å². The van der Waals surface area contributed by atoms with Crippen molar-refractivity contribution in [2.45, 2.75) is 6.42 Å². The first-order valence-corrected chi connectivity index (χ1v) is 11.2. The van der Waals surface area contributed by atoms with E-state index < -0.39 is 11.9 Å². The molecular weight excluding hydrogens is 463 g/mol. The summed E-state index contributed by atoms with van der Waals surface area (Å²) in [6.07, 6.45) is 7.51. The number of nitrogens with zero attached hydrogens (tertiary/aromatic N) is 3. The van der Waals surface area contributed by atoms with Gasteiger partial charge >= 0.3 is 6.09 Å². The van der Waals surface area contributed by atoms with Crippen LogP contribution in [0.15, 0.2) is 67.4 Å². The van der Waals surface area contributed by atoms with E-state index in [2.05, 4.69) is 30.6 Å². The maximum Gasteiger partial charge on any atom is 0.404 e. The maximum absolute atomic E-state index is 15.2. The van der Waals surface area contributed by atoms with Gasteiger partial charge < -0.3 is 20.7 Å². The molecule has 0 atom stereocenters. The molecule has 0 aliphatic rings. The highest BCUT2D eigenvalue weighted by Crippen LogP contribution is 2.35. The summed E-state index contributed by atoms with van der Waals surface area (Å²) < 4.78 is 15.2. The molecule has 4 heterocycles. The molecule has 0 spiro atoms. The predicted molar refractivity (Wildman–Crippen MR) is 133 cm³/mol. The van der Waals surface area contributed by atoms with Gasteiger partial charge in [-0.05, 0) is 47.9 Å². The Balaban J connectivity index is 1.49. The second-order valence-electron chi connectivity index (χ2n) is 8.12. The number of H-pyrrole nitrogens is 1. The van der Waals surface area contributed by atoms with Gasteiger partial charge in [0.2, 0.25) is 0 Å². The Morgan fingerprint density at radius 1 is 0.944 bits per heavy atom. The maximum atomic E-state index is 15.2. The number of carboxylic acid groups (broad SMARTS) is 1. The van der Waals surface area contributed by atoms with Crippen LogP contribution in [0.3, 0.4) is 0 Å². The van der Waals surface area contributed by atoms with E-state index >= 15 is 4.39 Å². The zero-order chi connectivity index (χ0) is 25.1. The summed E-state index contributed by atoms with van der Waals surface area (Å²) in [4.78, 5) is 39.0. The van der Waals surface area contributed by atoms with Crippen LogP contribution >= 0.6 is 0 Å². The van der Waals surface area contributed by atoms with Crippen LogP contribution in [0.4, 0.5) is 9.18 Å². The van der Waals surface area contributed by atoms with E-state index in [4.69, 9.17) is 5.11 Å². The van der Waals surface area contributed by atoms with Gasteiger partial charge in [0, 0.05) is 66.0 Å². The number of hydrogen-bond donors (Lipinski definition) is 4. The molecule has 2 amide bonds. The van der Waals surface area contributed by atoms with E-state index in [9.17, 15) is 9.59 Å². The summed E-state index contributed by atoms with van der Waals surface area (Å²) in [7, 11) is 0. The molecule has 0 aliphatic heterocycles.